The fraction of sp³-hybridized carbons (Fsp3) is 0.312. The van der Waals surface area contributed by atoms with Crippen LogP contribution in [0.2, 0.25) is 0 Å². The third kappa shape index (κ3) is 2.54. The molecule has 0 saturated heterocycles. The lowest BCUT2D eigenvalue weighted by Crippen LogP contribution is -2.02. The first-order chi connectivity index (χ1) is 9.76. The Kier molecular flexibility index (Phi) is 3.46. The number of aromatic nitrogens is 1. The van der Waals surface area contributed by atoms with E-state index in [-0.39, 0.29) is 0 Å². The van der Waals surface area contributed by atoms with Gasteiger partial charge < -0.3 is 15.2 Å². The Morgan fingerprint density at radius 1 is 1.05 bits per heavy atom. The number of ether oxygens (including phenoxy) is 2. The molecule has 1 aliphatic carbocycles. The second-order valence-corrected chi connectivity index (χ2v) is 4.99. The highest BCUT2D eigenvalue weighted by molar-refractivity contribution is 5.49. The van der Waals surface area contributed by atoms with Crippen molar-refractivity contribution in [3.8, 4) is 17.5 Å². The minimum absolute atomic E-state index is 0.389. The molecule has 2 N–H and O–H groups in total. The number of hydrogen-bond acceptors (Lipinski definition) is 4. The monoisotopic (exact) mass is 270 g/mol. The first-order valence-corrected chi connectivity index (χ1v) is 6.86. The summed E-state index contributed by atoms with van der Waals surface area (Å²) in [6.07, 6.45) is 4.84. The van der Waals surface area contributed by atoms with E-state index >= 15 is 0 Å². The van der Waals surface area contributed by atoms with Crippen LogP contribution in [-0.2, 0) is 12.8 Å². The molecule has 104 valence electrons. The van der Waals surface area contributed by atoms with Gasteiger partial charge in [-0.1, -0.05) is 6.07 Å². The second kappa shape index (κ2) is 5.41. The largest absolute Gasteiger partial charge is 0.479 e. The first kappa shape index (κ1) is 12.8. The molecule has 0 fully saturated rings. The van der Waals surface area contributed by atoms with E-state index in [0.29, 0.717) is 17.4 Å². The molecule has 0 aliphatic heterocycles. The maximum absolute atomic E-state index is 5.80. The highest BCUT2D eigenvalue weighted by Crippen LogP contribution is 2.29. The van der Waals surface area contributed by atoms with Crippen LogP contribution >= 0.6 is 0 Å². The molecule has 2 aromatic rings. The Morgan fingerprint density at radius 3 is 2.65 bits per heavy atom. The fourth-order valence-corrected chi connectivity index (χ4v) is 2.55. The molecular weight excluding hydrogens is 252 g/mol. The van der Waals surface area contributed by atoms with Crippen molar-refractivity contribution < 1.29 is 9.47 Å². The SMILES string of the molecule is COc1nc(Oc2ccc3c(c2)CCCC3)ccc1N. The number of nitrogens with two attached hydrogens (primary N) is 1. The van der Waals surface area contributed by atoms with E-state index in [1.807, 2.05) is 6.07 Å². The number of anilines is 1. The van der Waals surface area contributed by atoms with Crippen molar-refractivity contribution in [2.24, 2.45) is 0 Å². The highest BCUT2D eigenvalue weighted by Gasteiger charge is 2.11. The van der Waals surface area contributed by atoms with Crippen molar-refractivity contribution in [2.75, 3.05) is 12.8 Å². The number of aryl methyl sites for hydroxylation is 2. The minimum atomic E-state index is 0.389. The lowest BCUT2D eigenvalue weighted by molar-refractivity contribution is 0.385. The van der Waals surface area contributed by atoms with Crippen molar-refractivity contribution in [1.82, 2.24) is 4.98 Å². The van der Waals surface area contributed by atoms with Crippen LogP contribution in [0.5, 0.6) is 17.5 Å². The molecule has 0 radical (unpaired) electrons. The van der Waals surface area contributed by atoms with Gasteiger partial charge in [0.25, 0.3) is 0 Å². The molecule has 1 aromatic heterocycles. The normalized spacial score (nSPS) is 13.7. The zero-order chi connectivity index (χ0) is 13.9. The standard InChI is InChI=1S/C16H18N2O2/c1-19-16-14(17)8-9-15(18-16)20-13-7-6-11-4-2-3-5-12(11)10-13/h6-10H,2-5,17H2,1H3. The van der Waals surface area contributed by atoms with Gasteiger partial charge in [-0.2, -0.15) is 4.98 Å². The van der Waals surface area contributed by atoms with E-state index < -0.39 is 0 Å². The fourth-order valence-electron chi connectivity index (χ4n) is 2.55. The lowest BCUT2D eigenvalue weighted by Gasteiger charge is -2.16. The molecule has 0 bridgehead atoms. The Hall–Kier alpha value is -2.23. The van der Waals surface area contributed by atoms with Crippen LogP contribution in [0.25, 0.3) is 0 Å². The lowest BCUT2D eigenvalue weighted by atomic mass is 9.92. The van der Waals surface area contributed by atoms with Crippen LogP contribution in [0, 0.1) is 0 Å². The molecule has 0 atom stereocenters. The Bertz CT molecular complexity index is 626. The van der Waals surface area contributed by atoms with E-state index in [1.165, 1.54) is 30.4 Å². The number of nitrogens with zero attached hydrogens (tertiary/aromatic N) is 1. The predicted molar refractivity (Wildman–Crippen MR) is 78.4 cm³/mol. The van der Waals surface area contributed by atoms with Gasteiger partial charge in [0.1, 0.15) is 5.75 Å². The Balaban J connectivity index is 1.84. The number of fused-ring (bicyclic) bond motifs is 1. The van der Waals surface area contributed by atoms with E-state index in [1.54, 1.807) is 19.2 Å². The van der Waals surface area contributed by atoms with Crippen LogP contribution < -0.4 is 15.2 Å². The van der Waals surface area contributed by atoms with Crippen LogP contribution in [-0.4, -0.2) is 12.1 Å². The molecule has 1 aliphatic rings. The van der Waals surface area contributed by atoms with Crippen molar-refractivity contribution in [3.05, 3.63) is 41.5 Å². The summed E-state index contributed by atoms with van der Waals surface area (Å²) in [5.41, 5.74) is 9.07. The van der Waals surface area contributed by atoms with Gasteiger partial charge in [-0.05, 0) is 55.0 Å². The van der Waals surface area contributed by atoms with Crippen molar-refractivity contribution >= 4 is 5.69 Å². The molecule has 3 rings (SSSR count). The zero-order valence-electron chi connectivity index (χ0n) is 11.6. The van der Waals surface area contributed by atoms with Gasteiger partial charge in [-0.3, -0.25) is 0 Å². The Labute approximate surface area is 118 Å². The van der Waals surface area contributed by atoms with Crippen LogP contribution in [0.1, 0.15) is 24.0 Å². The van der Waals surface area contributed by atoms with Gasteiger partial charge in [-0.15, -0.1) is 0 Å². The number of rotatable bonds is 3. The van der Waals surface area contributed by atoms with Crippen molar-refractivity contribution in [1.29, 1.82) is 0 Å². The summed E-state index contributed by atoms with van der Waals surface area (Å²) in [7, 11) is 1.54. The van der Waals surface area contributed by atoms with Gasteiger partial charge in [0.05, 0.1) is 12.8 Å². The third-order valence-electron chi connectivity index (χ3n) is 3.60. The molecule has 1 heterocycles. The van der Waals surface area contributed by atoms with E-state index in [0.717, 1.165) is 12.2 Å². The van der Waals surface area contributed by atoms with Crippen LogP contribution in [0.15, 0.2) is 30.3 Å². The van der Waals surface area contributed by atoms with Crippen molar-refractivity contribution in [3.63, 3.8) is 0 Å². The number of benzene rings is 1. The molecule has 0 spiro atoms. The summed E-state index contributed by atoms with van der Waals surface area (Å²) in [5.74, 6) is 1.69. The van der Waals surface area contributed by atoms with Gasteiger partial charge in [-0.25, -0.2) is 0 Å². The molecular formula is C16H18N2O2. The van der Waals surface area contributed by atoms with E-state index in [4.69, 9.17) is 15.2 Å². The average molecular weight is 270 g/mol. The smallest absolute Gasteiger partial charge is 0.240 e. The van der Waals surface area contributed by atoms with Gasteiger partial charge in [0.2, 0.25) is 11.8 Å². The molecule has 0 unspecified atom stereocenters. The number of methoxy groups -OCH3 is 1. The summed E-state index contributed by atoms with van der Waals surface area (Å²) in [4.78, 5) is 4.23. The van der Waals surface area contributed by atoms with E-state index in [2.05, 4.69) is 17.1 Å². The summed E-state index contributed by atoms with van der Waals surface area (Å²) in [6, 6.07) is 9.74. The zero-order valence-corrected chi connectivity index (χ0v) is 11.6. The molecule has 20 heavy (non-hydrogen) atoms. The van der Waals surface area contributed by atoms with Gasteiger partial charge >= 0.3 is 0 Å². The number of hydrogen-bond donors (Lipinski definition) is 1. The van der Waals surface area contributed by atoms with Crippen molar-refractivity contribution in [2.45, 2.75) is 25.7 Å². The van der Waals surface area contributed by atoms with E-state index in [9.17, 15) is 0 Å². The third-order valence-corrected chi connectivity index (χ3v) is 3.60. The van der Waals surface area contributed by atoms with Gasteiger partial charge in [0, 0.05) is 6.07 Å². The van der Waals surface area contributed by atoms with Gasteiger partial charge in [0.15, 0.2) is 0 Å². The Morgan fingerprint density at radius 2 is 1.85 bits per heavy atom. The van der Waals surface area contributed by atoms with Crippen LogP contribution in [0.4, 0.5) is 5.69 Å². The molecule has 1 aromatic carbocycles. The number of pyridine rings is 1. The average Bonchev–Trinajstić information content (AvgIpc) is 2.49. The summed E-state index contributed by atoms with van der Waals surface area (Å²) >= 11 is 0. The summed E-state index contributed by atoms with van der Waals surface area (Å²) in [5, 5.41) is 0. The quantitative estimate of drug-likeness (QED) is 0.929. The highest BCUT2D eigenvalue weighted by atomic mass is 16.5. The maximum atomic E-state index is 5.80. The molecule has 0 amide bonds. The second-order valence-electron chi connectivity index (χ2n) is 4.99. The number of nitrogen functional groups attached to an aromatic ring is 1. The topological polar surface area (TPSA) is 57.4 Å². The minimum Gasteiger partial charge on any atom is -0.479 e. The maximum Gasteiger partial charge on any atom is 0.240 e. The predicted octanol–water partition coefficient (Wildman–Crippen LogP) is 3.34. The molecule has 0 saturated carbocycles. The first-order valence-electron chi connectivity index (χ1n) is 6.86. The molecule has 4 nitrogen and oxygen atoms in total. The molecule has 4 heteroatoms. The summed E-state index contributed by atoms with van der Waals surface area (Å²) in [6.45, 7) is 0. The summed E-state index contributed by atoms with van der Waals surface area (Å²) < 4.78 is 10.9. The van der Waals surface area contributed by atoms with Crippen LogP contribution in [0.3, 0.4) is 0 Å².